The summed E-state index contributed by atoms with van der Waals surface area (Å²) in [7, 11) is 1.64. The SMILES string of the molecule is CC(C)C.CCc1nnc(-c2cc3c(cc2OCCCOC)CCn2cc(C(=O)O)c(=O)cc2-3)o1. The quantitative estimate of drug-likeness (QED) is 0.467. The van der Waals surface area contributed by atoms with Crippen LogP contribution in [-0.2, 0) is 24.1 Å². The fourth-order valence-electron chi connectivity index (χ4n) is 3.64. The van der Waals surface area contributed by atoms with Gasteiger partial charge in [-0.2, -0.15) is 0 Å². The van der Waals surface area contributed by atoms with E-state index in [0.717, 1.165) is 23.5 Å². The molecule has 0 saturated heterocycles. The number of carboxylic acids is 1. The van der Waals surface area contributed by atoms with Gasteiger partial charge in [-0.3, -0.25) is 4.79 Å². The third-order valence-electron chi connectivity index (χ3n) is 5.21. The summed E-state index contributed by atoms with van der Waals surface area (Å²) in [5, 5.41) is 17.5. The van der Waals surface area contributed by atoms with E-state index in [1.165, 1.54) is 12.3 Å². The van der Waals surface area contributed by atoms with Crippen LogP contribution in [-0.4, -0.2) is 46.2 Å². The lowest BCUT2D eigenvalue weighted by Crippen LogP contribution is -2.22. The van der Waals surface area contributed by atoms with Gasteiger partial charge in [-0.15, -0.1) is 10.2 Å². The third-order valence-corrected chi connectivity index (χ3v) is 5.21. The van der Waals surface area contributed by atoms with Crippen LogP contribution in [0.25, 0.3) is 22.7 Å². The number of benzene rings is 1. The molecular formula is C26H33N3O6. The Hall–Kier alpha value is -3.46. The van der Waals surface area contributed by atoms with Crippen molar-refractivity contribution < 1.29 is 23.8 Å². The summed E-state index contributed by atoms with van der Waals surface area (Å²) in [6, 6.07) is 5.18. The van der Waals surface area contributed by atoms with E-state index in [4.69, 9.17) is 13.9 Å². The summed E-state index contributed by atoms with van der Waals surface area (Å²) in [6.07, 6.45) is 3.41. The Labute approximate surface area is 204 Å². The minimum Gasteiger partial charge on any atom is -0.493 e. The van der Waals surface area contributed by atoms with Crippen LogP contribution in [0.2, 0.25) is 0 Å². The molecule has 0 amide bonds. The van der Waals surface area contributed by atoms with E-state index in [-0.39, 0.29) is 5.56 Å². The molecule has 0 fully saturated rings. The smallest absolute Gasteiger partial charge is 0.341 e. The summed E-state index contributed by atoms with van der Waals surface area (Å²) in [6.45, 7) is 10.0. The van der Waals surface area contributed by atoms with Crippen LogP contribution in [0.5, 0.6) is 5.75 Å². The average Bonchev–Trinajstić information content (AvgIpc) is 3.29. The van der Waals surface area contributed by atoms with Gasteiger partial charge in [0.15, 0.2) is 5.43 Å². The van der Waals surface area contributed by atoms with Crippen LogP contribution >= 0.6 is 0 Å². The van der Waals surface area contributed by atoms with Crippen LogP contribution in [0, 0.1) is 5.92 Å². The Morgan fingerprint density at radius 1 is 1.17 bits per heavy atom. The Kier molecular flexibility index (Phi) is 8.81. The lowest BCUT2D eigenvalue weighted by atomic mass is 9.94. The number of pyridine rings is 1. The highest BCUT2D eigenvalue weighted by molar-refractivity contribution is 5.88. The summed E-state index contributed by atoms with van der Waals surface area (Å²) in [4.78, 5) is 23.7. The normalized spacial score (nSPS) is 11.9. The summed E-state index contributed by atoms with van der Waals surface area (Å²) >= 11 is 0. The Morgan fingerprint density at radius 3 is 2.54 bits per heavy atom. The molecule has 1 N–H and O–H groups in total. The molecule has 0 bridgehead atoms. The van der Waals surface area contributed by atoms with Gasteiger partial charge in [0.2, 0.25) is 5.89 Å². The highest BCUT2D eigenvalue weighted by Crippen LogP contribution is 2.39. The van der Waals surface area contributed by atoms with Crippen molar-refractivity contribution in [3.8, 4) is 28.5 Å². The second-order valence-electron chi connectivity index (χ2n) is 8.97. The van der Waals surface area contributed by atoms with Gasteiger partial charge in [-0.25, -0.2) is 4.79 Å². The molecule has 3 aromatic rings. The van der Waals surface area contributed by atoms with Gasteiger partial charge in [0.25, 0.3) is 5.89 Å². The fraction of sp³-hybridized carbons (Fsp3) is 0.462. The minimum atomic E-state index is -1.23. The molecule has 1 aromatic carbocycles. The molecule has 1 aliphatic rings. The van der Waals surface area contributed by atoms with Crippen molar-refractivity contribution in [3.63, 3.8) is 0 Å². The summed E-state index contributed by atoms with van der Waals surface area (Å²) in [5.41, 5.74) is 2.33. The second kappa shape index (κ2) is 11.8. The standard InChI is InChI=1S/C22H23N3O6.C4H10/c1-3-20-23-24-21(31-20)15-10-14-13(9-19(15)30-8-4-7-29-2)5-6-25-12-16(22(27)28)18(26)11-17(14)25;1-4(2)3/h9-12H,3-8H2,1-2H3,(H,27,28);4H,1-3H3. The van der Waals surface area contributed by atoms with E-state index in [1.807, 2.05) is 19.1 Å². The predicted octanol–water partition coefficient (Wildman–Crippen LogP) is 4.46. The minimum absolute atomic E-state index is 0.241. The molecule has 0 atom stereocenters. The first-order valence-corrected chi connectivity index (χ1v) is 11.8. The molecule has 0 saturated carbocycles. The number of carbonyl (C=O) groups is 1. The number of aromatic carboxylic acids is 1. The fourth-order valence-corrected chi connectivity index (χ4v) is 3.64. The zero-order chi connectivity index (χ0) is 25.5. The highest BCUT2D eigenvalue weighted by atomic mass is 16.5. The molecule has 0 unspecified atom stereocenters. The molecule has 35 heavy (non-hydrogen) atoms. The van der Waals surface area contributed by atoms with Gasteiger partial charge in [0, 0.05) is 50.9 Å². The number of ether oxygens (including phenoxy) is 2. The first-order chi connectivity index (χ1) is 16.7. The molecule has 3 heterocycles. The molecule has 9 nitrogen and oxygen atoms in total. The van der Waals surface area contributed by atoms with Gasteiger partial charge in [0.05, 0.1) is 17.9 Å². The van der Waals surface area contributed by atoms with E-state index in [9.17, 15) is 14.7 Å². The molecule has 1 aliphatic heterocycles. The Balaban J connectivity index is 0.000000795. The maximum Gasteiger partial charge on any atom is 0.341 e. The van der Waals surface area contributed by atoms with Gasteiger partial charge >= 0.3 is 5.97 Å². The monoisotopic (exact) mass is 483 g/mol. The molecule has 9 heteroatoms. The number of hydrogen-bond acceptors (Lipinski definition) is 7. The molecule has 2 aromatic heterocycles. The topological polar surface area (TPSA) is 117 Å². The maximum atomic E-state index is 12.3. The van der Waals surface area contributed by atoms with Crippen molar-refractivity contribution >= 4 is 5.97 Å². The number of methoxy groups -OCH3 is 1. The van der Waals surface area contributed by atoms with Crippen molar-refractivity contribution in [1.29, 1.82) is 0 Å². The van der Waals surface area contributed by atoms with Crippen LogP contribution in [0.15, 0.2) is 33.6 Å². The van der Waals surface area contributed by atoms with Crippen LogP contribution in [0.3, 0.4) is 0 Å². The van der Waals surface area contributed by atoms with Gasteiger partial charge < -0.3 is 23.6 Å². The Bertz CT molecular complexity index is 1230. The molecule has 0 radical (unpaired) electrons. The van der Waals surface area contributed by atoms with E-state index in [0.29, 0.717) is 61.4 Å². The van der Waals surface area contributed by atoms with Gasteiger partial charge in [-0.1, -0.05) is 27.7 Å². The molecule has 188 valence electrons. The summed E-state index contributed by atoms with van der Waals surface area (Å²) < 4.78 is 18.7. The maximum absolute atomic E-state index is 12.3. The van der Waals surface area contributed by atoms with E-state index in [2.05, 4.69) is 31.0 Å². The molecular weight excluding hydrogens is 450 g/mol. The van der Waals surface area contributed by atoms with Crippen LogP contribution < -0.4 is 10.2 Å². The average molecular weight is 484 g/mol. The molecule has 0 aliphatic carbocycles. The second-order valence-corrected chi connectivity index (χ2v) is 8.97. The number of carboxylic acid groups (broad SMARTS) is 1. The first-order valence-electron chi connectivity index (χ1n) is 11.8. The van der Waals surface area contributed by atoms with Crippen molar-refractivity contribution in [2.24, 2.45) is 5.92 Å². The molecule has 0 spiro atoms. The number of hydrogen-bond donors (Lipinski definition) is 1. The van der Waals surface area contributed by atoms with Gasteiger partial charge in [0.1, 0.15) is 11.3 Å². The number of aromatic nitrogens is 3. The first kappa shape index (κ1) is 26.2. The number of aryl methyl sites for hydroxylation is 3. The van der Waals surface area contributed by atoms with E-state index >= 15 is 0 Å². The van der Waals surface area contributed by atoms with Crippen molar-refractivity contribution in [3.05, 3.63) is 51.6 Å². The van der Waals surface area contributed by atoms with E-state index in [1.54, 1.807) is 11.7 Å². The zero-order valence-corrected chi connectivity index (χ0v) is 21.0. The third kappa shape index (κ3) is 6.36. The van der Waals surface area contributed by atoms with Crippen LogP contribution in [0.4, 0.5) is 0 Å². The van der Waals surface area contributed by atoms with Crippen LogP contribution in [0.1, 0.15) is 55.9 Å². The van der Waals surface area contributed by atoms with Crippen molar-refractivity contribution in [2.45, 2.75) is 53.5 Å². The molecule has 4 rings (SSSR count). The van der Waals surface area contributed by atoms with Crippen molar-refractivity contribution in [2.75, 3.05) is 20.3 Å². The lowest BCUT2D eigenvalue weighted by molar-refractivity contribution is 0.0694. The zero-order valence-electron chi connectivity index (χ0n) is 21.0. The number of nitrogens with zero attached hydrogens (tertiary/aromatic N) is 3. The summed E-state index contributed by atoms with van der Waals surface area (Å²) in [5.74, 6) is 1.08. The number of fused-ring (bicyclic) bond motifs is 3. The predicted molar refractivity (Wildman–Crippen MR) is 132 cm³/mol. The largest absolute Gasteiger partial charge is 0.493 e. The number of rotatable bonds is 8. The Morgan fingerprint density at radius 2 is 1.91 bits per heavy atom. The van der Waals surface area contributed by atoms with E-state index < -0.39 is 11.4 Å². The van der Waals surface area contributed by atoms with Crippen molar-refractivity contribution in [1.82, 2.24) is 14.8 Å². The van der Waals surface area contributed by atoms with Gasteiger partial charge in [-0.05, 0) is 30.0 Å². The highest BCUT2D eigenvalue weighted by Gasteiger charge is 2.24. The lowest BCUT2D eigenvalue weighted by Gasteiger charge is -2.24.